The van der Waals surface area contributed by atoms with Crippen LogP contribution in [0.4, 0.5) is 0 Å². The van der Waals surface area contributed by atoms with Crippen molar-refractivity contribution in [2.45, 2.75) is 71.8 Å². The lowest BCUT2D eigenvalue weighted by Gasteiger charge is -2.57. The van der Waals surface area contributed by atoms with E-state index in [0.717, 1.165) is 5.75 Å². The van der Waals surface area contributed by atoms with E-state index < -0.39 is 0 Å². The number of ether oxygens (including phenoxy) is 1. The molecule has 2 fully saturated rings. The topological polar surface area (TPSA) is 9.23 Å². The van der Waals surface area contributed by atoms with Gasteiger partial charge in [-0.05, 0) is 56.1 Å². The molecule has 1 heteroatoms. The van der Waals surface area contributed by atoms with E-state index in [1.165, 1.54) is 50.5 Å². The van der Waals surface area contributed by atoms with E-state index in [9.17, 15) is 0 Å². The summed E-state index contributed by atoms with van der Waals surface area (Å²) in [6.07, 6.45) is 9.82. The van der Waals surface area contributed by atoms with Crippen LogP contribution in [0.1, 0.15) is 64.4 Å². The lowest BCUT2D eigenvalue weighted by molar-refractivity contribution is -0.108. The second-order valence-electron chi connectivity index (χ2n) is 7.45. The maximum absolute atomic E-state index is 6.52. The molecule has 2 aliphatic rings. The van der Waals surface area contributed by atoms with Crippen LogP contribution in [0.15, 0.2) is 24.3 Å². The highest BCUT2D eigenvalue weighted by molar-refractivity contribution is 5.32. The summed E-state index contributed by atoms with van der Waals surface area (Å²) in [7, 11) is 0. The molecule has 2 saturated carbocycles. The van der Waals surface area contributed by atoms with Crippen molar-refractivity contribution in [3.05, 3.63) is 29.8 Å². The average molecular weight is 272 g/mol. The largest absolute Gasteiger partial charge is 0.490 e. The van der Waals surface area contributed by atoms with Crippen molar-refractivity contribution in [1.29, 1.82) is 0 Å². The second-order valence-corrected chi connectivity index (χ2v) is 7.45. The zero-order valence-electron chi connectivity index (χ0n) is 13.2. The molecule has 1 aromatic rings. The second kappa shape index (κ2) is 5.09. The van der Waals surface area contributed by atoms with Crippen LogP contribution >= 0.6 is 0 Å². The number of benzene rings is 1. The van der Waals surface area contributed by atoms with Crippen LogP contribution in [0.25, 0.3) is 0 Å². The van der Waals surface area contributed by atoms with Gasteiger partial charge in [-0.25, -0.2) is 0 Å². The molecule has 0 heterocycles. The fraction of sp³-hybridized carbons (Fsp3) is 0.684. The minimum Gasteiger partial charge on any atom is -0.490 e. The Kier molecular flexibility index (Phi) is 3.56. The molecular formula is C19H28O. The molecule has 20 heavy (non-hydrogen) atoms. The van der Waals surface area contributed by atoms with Crippen molar-refractivity contribution in [2.75, 3.05) is 0 Å². The van der Waals surface area contributed by atoms with Gasteiger partial charge in [-0.1, -0.05) is 44.9 Å². The van der Waals surface area contributed by atoms with E-state index in [0.29, 0.717) is 16.9 Å². The molecule has 1 nitrogen and oxygen atoms in total. The fourth-order valence-corrected chi connectivity index (χ4v) is 4.58. The number of rotatable bonds is 2. The summed E-state index contributed by atoms with van der Waals surface area (Å²) in [6, 6.07) is 8.47. The quantitative estimate of drug-likeness (QED) is 0.689. The normalized spacial score (nSPS) is 37.2. The lowest BCUT2D eigenvalue weighted by Crippen LogP contribution is -2.53. The van der Waals surface area contributed by atoms with Crippen LogP contribution < -0.4 is 4.74 Å². The first kappa shape index (κ1) is 14.0. The Morgan fingerprint density at radius 1 is 1.00 bits per heavy atom. The first-order valence-corrected chi connectivity index (χ1v) is 8.27. The van der Waals surface area contributed by atoms with Crippen LogP contribution in [0.3, 0.4) is 0 Å². The molecule has 0 radical (unpaired) electrons. The van der Waals surface area contributed by atoms with Crippen molar-refractivity contribution in [3.63, 3.8) is 0 Å². The SMILES string of the molecule is Cc1ccccc1OC1CCC[C@@]2(C)CCCC[C@@]12C. The number of hydrogen-bond donors (Lipinski definition) is 0. The summed E-state index contributed by atoms with van der Waals surface area (Å²) < 4.78 is 6.52. The Hall–Kier alpha value is -0.980. The number of aryl methyl sites for hydroxylation is 1. The van der Waals surface area contributed by atoms with Crippen LogP contribution in [-0.2, 0) is 0 Å². The molecule has 0 N–H and O–H groups in total. The van der Waals surface area contributed by atoms with E-state index in [1.54, 1.807) is 0 Å². The highest BCUT2D eigenvalue weighted by Gasteiger charge is 2.53. The number of hydrogen-bond acceptors (Lipinski definition) is 1. The Labute approximate surface area is 123 Å². The third kappa shape index (κ3) is 2.16. The van der Waals surface area contributed by atoms with Gasteiger partial charge in [0.15, 0.2) is 0 Å². The molecule has 1 aromatic carbocycles. The van der Waals surface area contributed by atoms with Crippen molar-refractivity contribution >= 4 is 0 Å². The van der Waals surface area contributed by atoms with Gasteiger partial charge in [-0.2, -0.15) is 0 Å². The highest BCUT2D eigenvalue weighted by atomic mass is 16.5. The van der Waals surface area contributed by atoms with Crippen molar-refractivity contribution in [1.82, 2.24) is 0 Å². The van der Waals surface area contributed by atoms with Gasteiger partial charge < -0.3 is 4.74 Å². The van der Waals surface area contributed by atoms with Gasteiger partial charge in [0.25, 0.3) is 0 Å². The van der Waals surface area contributed by atoms with Gasteiger partial charge >= 0.3 is 0 Å². The van der Waals surface area contributed by atoms with Gasteiger partial charge in [0.05, 0.1) is 0 Å². The highest BCUT2D eigenvalue weighted by Crippen LogP contribution is 2.59. The summed E-state index contributed by atoms with van der Waals surface area (Å²) in [5.41, 5.74) is 2.10. The monoisotopic (exact) mass is 272 g/mol. The third-order valence-corrected chi connectivity index (χ3v) is 6.32. The van der Waals surface area contributed by atoms with E-state index in [-0.39, 0.29) is 0 Å². The smallest absolute Gasteiger partial charge is 0.122 e. The minimum absolute atomic E-state index is 0.353. The molecule has 0 aromatic heterocycles. The maximum atomic E-state index is 6.52. The van der Waals surface area contributed by atoms with Crippen LogP contribution in [0.5, 0.6) is 5.75 Å². The third-order valence-electron chi connectivity index (χ3n) is 6.32. The number of fused-ring (bicyclic) bond motifs is 1. The minimum atomic E-state index is 0.353. The predicted octanol–water partition coefficient (Wildman–Crippen LogP) is 5.51. The molecular weight excluding hydrogens is 244 g/mol. The van der Waals surface area contributed by atoms with Crippen LogP contribution in [-0.4, -0.2) is 6.10 Å². The summed E-state index contributed by atoms with van der Waals surface area (Å²) >= 11 is 0. The first-order chi connectivity index (χ1) is 9.55. The number of para-hydroxylation sites is 1. The molecule has 0 bridgehead atoms. The standard InChI is InChI=1S/C19H28O/c1-15-9-4-5-10-16(15)20-17-11-8-13-18(2)12-6-7-14-19(17,18)3/h4-5,9-10,17H,6-8,11-14H2,1-3H3/t17?,18-,19+/m1/s1. The molecule has 110 valence electrons. The van der Waals surface area contributed by atoms with Gasteiger partial charge in [0.1, 0.15) is 11.9 Å². The molecule has 0 saturated heterocycles. The van der Waals surface area contributed by atoms with Gasteiger partial charge in [-0.3, -0.25) is 0 Å². The molecule has 3 atom stereocenters. The Morgan fingerprint density at radius 3 is 2.50 bits per heavy atom. The Morgan fingerprint density at radius 2 is 1.70 bits per heavy atom. The summed E-state index contributed by atoms with van der Waals surface area (Å²) in [5.74, 6) is 1.09. The van der Waals surface area contributed by atoms with Crippen LogP contribution in [0.2, 0.25) is 0 Å². The summed E-state index contributed by atoms with van der Waals surface area (Å²) in [4.78, 5) is 0. The predicted molar refractivity (Wildman–Crippen MR) is 84.1 cm³/mol. The summed E-state index contributed by atoms with van der Waals surface area (Å²) in [6.45, 7) is 7.16. The van der Waals surface area contributed by atoms with Crippen molar-refractivity contribution in [3.8, 4) is 5.75 Å². The van der Waals surface area contributed by atoms with Crippen LogP contribution in [0, 0.1) is 17.8 Å². The molecule has 0 amide bonds. The Bertz CT molecular complexity index is 476. The molecule has 1 unspecified atom stereocenters. The van der Waals surface area contributed by atoms with E-state index >= 15 is 0 Å². The van der Waals surface area contributed by atoms with E-state index in [2.05, 4.69) is 45.0 Å². The summed E-state index contributed by atoms with van der Waals surface area (Å²) in [5, 5.41) is 0. The molecule has 3 rings (SSSR count). The van der Waals surface area contributed by atoms with E-state index in [1.807, 2.05) is 0 Å². The van der Waals surface area contributed by atoms with E-state index in [4.69, 9.17) is 4.74 Å². The molecule has 2 aliphatic carbocycles. The zero-order valence-corrected chi connectivity index (χ0v) is 13.2. The molecule has 0 aliphatic heterocycles. The van der Waals surface area contributed by atoms with Crippen molar-refractivity contribution < 1.29 is 4.74 Å². The van der Waals surface area contributed by atoms with Gasteiger partial charge in [0, 0.05) is 5.41 Å². The van der Waals surface area contributed by atoms with Crippen molar-refractivity contribution in [2.24, 2.45) is 10.8 Å². The zero-order chi connectivity index (χ0) is 14.2. The fourth-order valence-electron chi connectivity index (χ4n) is 4.58. The average Bonchev–Trinajstić information content (AvgIpc) is 2.43. The first-order valence-electron chi connectivity index (χ1n) is 8.27. The van der Waals surface area contributed by atoms with Gasteiger partial charge in [0.2, 0.25) is 0 Å². The lowest BCUT2D eigenvalue weighted by atomic mass is 9.50. The Balaban J connectivity index is 1.87. The molecule has 0 spiro atoms. The van der Waals surface area contributed by atoms with Gasteiger partial charge in [-0.15, -0.1) is 0 Å². The maximum Gasteiger partial charge on any atom is 0.122 e.